The predicted molar refractivity (Wildman–Crippen MR) is 105 cm³/mol. The van der Waals surface area contributed by atoms with Crippen molar-refractivity contribution in [2.45, 2.75) is 50.0 Å². The van der Waals surface area contributed by atoms with Crippen LogP contribution in [0.25, 0.3) is 0 Å². The van der Waals surface area contributed by atoms with Gasteiger partial charge in [-0.1, -0.05) is 41.4 Å². The summed E-state index contributed by atoms with van der Waals surface area (Å²) in [4.78, 5) is 0.0788. The van der Waals surface area contributed by atoms with Gasteiger partial charge in [0.15, 0.2) is 0 Å². The van der Waals surface area contributed by atoms with E-state index >= 15 is 0 Å². The van der Waals surface area contributed by atoms with Gasteiger partial charge in [0.25, 0.3) is 10.1 Å². The van der Waals surface area contributed by atoms with Crippen molar-refractivity contribution in [3.05, 3.63) is 64.7 Å². The minimum Gasteiger partial charge on any atom is -0.342 e. The van der Waals surface area contributed by atoms with Crippen molar-refractivity contribution in [2.24, 2.45) is 0 Å². The molecular weight excluding hydrogens is 386 g/mol. The summed E-state index contributed by atoms with van der Waals surface area (Å²) in [6.07, 6.45) is 0. The van der Waals surface area contributed by atoms with Crippen LogP contribution in [-0.2, 0) is 24.8 Å². The van der Waals surface area contributed by atoms with E-state index in [1.807, 2.05) is 27.7 Å². The molecule has 1 N–H and O–H groups in total. The molecule has 27 heavy (non-hydrogen) atoms. The van der Waals surface area contributed by atoms with Crippen molar-refractivity contribution in [1.29, 1.82) is 0 Å². The second-order valence-electron chi connectivity index (χ2n) is 7.57. The predicted octanol–water partition coefficient (Wildman–Crippen LogP) is 3.99. The maximum atomic E-state index is 13.0. The number of ether oxygens (including phenoxy) is 1. The Balaban J connectivity index is 2.07. The lowest BCUT2D eigenvalue weighted by atomic mass is 9.92. The van der Waals surface area contributed by atoms with Crippen molar-refractivity contribution in [2.75, 3.05) is 6.61 Å². The largest absolute Gasteiger partial charge is 0.342 e. The van der Waals surface area contributed by atoms with E-state index in [-0.39, 0.29) is 17.0 Å². The van der Waals surface area contributed by atoms with E-state index in [1.165, 1.54) is 12.1 Å². The molecule has 1 heterocycles. The van der Waals surface area contributed by atoms with Gasteiger partial charge in [-0.2, -0.15) is 8.42 Å². The van der Waals surface area contributed by atoms with Crippen LogP contribution in [0, 0.1) is 6.92 Å². The van der Waals surface area contributed by atoms with E-state index < -0.39 is 21.9 Å². The average molecular weight is 410 g/mol. The second-order valence-corrected chi connectivity index (χ2v) is 9.55. The fourth-order valence-corrected chi connectivity index (χ4v) is 4.60. The van der Waals surface area contributed by atoms with Gasteiger partial charge in [0.05, 0.1) is 17.5 Å². The first-order chi connectivity index (χ1) is 12.5. The summed E-state index contributed by atoms with van der Waals surface area (Å²) in [5, 5.41) is 3.87. The summed E-state index contributed by atoms with van der Waals surface area (Å²) in [5.41, 5.74) is 1.18. The van der Waals surface area contributed by atoms with Gasteiger partial charge in [0.2, 0.25) is 5.79 Å². The monoisotopic (exact) mass is 409 g/mol. The van der Waals surface area contributed by atoms with E-state index in [1.54, 1.807) is 36.4 Å². The zero-order valence-electron chi connectivity index (χ0n) is 15.8. The highest BCUT2D eigenvalue weighted by Gasteiger charge is 2.50. The molecule has 146 valence electrons. The fourth-order valence-electron chi connectivity index (χ4n) is 3.23. The topological polar surface area (TPSA) is 64.6 Å². The molecule has 0 radical (unpaired) electrons. The minimum atomic E-state index is -4.07. The fraction of sp³-hybridized carbons (Fsp3) is 0.400. The van der Waals surface area contributed by atoms with E-state index in [4.69, 9.17) is 20.5 Å². The van der Waals surface area contributed by atoms with Gasteiger partial charge in [-0.3, -0.25) is 0 Å². The van der Waals surface area contributed by atoms with Gasteiger partial charge >= 0.3 is 0 Å². The van der Waals surface area contributed by atoms with E-state index in [9.17, 15) is 8.42 Å². The molecular formula is C20H24ClNO4S. The normalized spacial score (nSPS) is 25.3. The summed E-state index contributed by atoms with van der Waals surface area (Å²) < 4.78 is 37.9. The zero-order valence-corrected chi connectivity index (χ0v) is 17.4. The third kappa shape index (κ3) is 4.20. The first-order valence-electron chi connectivity index (χ1n) is 8.74. The number of morpholine rings is 1. The second kappa shape index (κ2) is 7.18. The van der Waals surface area contributed by atoms with Gasteiger partial charge in [0.1, 0.15) is 0 Å². The van der Waals surface area contributed by atoms with Crippen LogP contribution in [-0.4, -0.2) is 26.6 Å². The first kappa shape index (κ1) is 20.3. The maximum Gasteiger partial charge on any atom is 0.300 e. The van der Waals surface area contributed by atoms with Crippen molar-refractivity contribution in [3.8, 4) is 0 Å². The number of hydrogen-bond acceptors (Lipinski definition) is 5. The average Bonchev–Trinajstić information content (AvgIpc) is 2.57. The minimum absolute atomic E-state index is 0.0788. The van der Waals surface area contributed by atoms with Crippen molar-refractivity contribution in [1.82, 2.24) is 5.32 Å². The Morgan fingerprint density at radius 1 is 1.19 bits per heavy atom. The molecule has 5 nitrogen and oxygen atoms in total. The third-order valence-corrected chi connectivity index (χ3v) is 6.15. The first-order valence-corrected chi connectivity index (χ1v) is 10.5. The molecule has 1 saturated heterocycles. The summed E-state index contributed by atoms with van der Waals surface area (Å²) in [7, 11) is -4.07. The smallest absolute Gasteiger partial charge is 0.300 e. The molecule has 3 rings (SSSR count). The van der Waals surface area contributed by atoms with E-state index in [2.05, 4.69) is 5.32 Å². The summed E-state index contributed by atoms with van der Waals surface area (Å²) >= 11 is 6.15. The van der Waals surface area contributed by atoms with Crippen LogP contribution in [0.2, 0.25) is 5.02 Å². The number of rotatable bonds is 4. The van der Waals surface area contributed by atoms with Gasteiger partial charge in [-0.05, 0) is 52.0 Å². The highest BCUT2D eigenvalue weighted by molar-refractivity contribution is 7.86. The molecule has 2 aromatic carbocycles. The molecule has 0 amide bonds. The molecule has 1 aliphatic heterocycles. The lowest BCUT2D eigenvalue weighted by Gasteiger charge is -2.48. The highest BCUT2D eigenvalue weighted by atomic mass is 35.5. The quantitative estimate of drug-likeness (QED) is 0.773. The van der Waals surface area contributed by atoms with Gasteiger partial charge in [-0.15, -0.1) is 0 Å². The zero-order chi connectivity index (χ0) is 19.9. The van der Waals surface area contributed by atoms with Crippen LogP contribution in [0.3, 0.4) is 0 Å². The number of aryl methyl sites for hydroxylation is 1. The number of halogens is 1. The molecule has 0 bridgehead atoms. The van der Waals surface area contributed by atoms with Crippen LogP contribution < -0.4 is 5.32 Å². The molecule has 2 aromatic rings. The Morgan fingerprint density at radius 2 is 1.85 bits per heavy atom. The molecule has 0 saturated carbocycles. The Hall–Kier alpha value is -1.44. The van der Waals surface area contributed by atoms with E-state index in [0.717, 1.165) is 5.56 Å². The highest BCUT2D eigenvalue weighted by Crippen LogP contribution is 2.39. The Kier molecular flexibility index (Phi) is 5.40. The van der Waals surface area contributed by atoms with Crippen LogP contribution in [0.1, 0.15) is 31.9 Å². The maximum absolute atomic E-state index is 13.0. The number of nitrogens with one attached hydrogen (secondary N) is 1. The standard InChI is InChI=1S/C20H24ClNO4S/c1-14-8-10-18(11-9-14)27(23,24)26-20(16-6-5-7-17(21)12-16)15(2)22-19(3,4)13-25-20/h5-12,15,22H,13H2,1-4H3/t15-,20+/m0/s1. The SMILES string of the molecule is Cc1ccc(S(=O)(=O)O[C@]2(c3cccc(Cl)c3)OCC(C)(C)N[C@H]2C)cc1. The van der Waals surface area contributed by atoms with Gasteiger partial charge in [0, 0.05) is 16.1 Å². The molecule has 1 aliphatic rings. The van der Waals surface area contributed by atoms with Gasteiger partial charge in [-0.25, -0.2) is 4.18 Å². The molecule has 0 aromatic heterocycles. The molecule has 2 atom stereocenters. The number of hydrogen-bond donors (Lipinski definition) is 1. The van der Waals surface area contributed by atoms with E-state index in [0.29, 0.717) is 10.6 Å². The molecule has 1 fully saturated rings. The molecule has 0 aliphatic carbocycles. The molecule has 0 spiro atoms. The summed E-state index contributed by atoms with van der Waals surface area (Å²) in [5.74, 6) is -1.52. The lowest BCUT2D eigenvalue weighted by Crippen LogP contribution is -2.64. The molecule has 0 unspecified atom stereocenters. The van der Waals surface area contributed by atoms with Crippen LogP contribution in [0.4, 0.5) is 0 Å². The Morgan fingerprint density at radius 3 is 2.44 bits per heavy atom. The van der Waals surface area contributed by atoms with Crippen LogP contribution >= 0.6 is 11.6 Å². The third-order valence-electron chi connectivity index (χ3n) is 4.59. The van der Waals surface area contributed by atoms with Crippen molar-refractivity contribution in [3.63, 3.8) is 0 Å². The van der Waals surface area contributed by atoms with Crippen molar-refractivity contribution >= 4 is 21.7 Å². The van der Waals surface area contributed by atoms with Crippen molar-refractivity contribution < 1.29 is 17.3 Å². The van der Waals surface area contributed by atoms with Gasteiger partial charge < -0.3 is 10.1 Å². The Bertz CT molecular complexity index is 927. The molecule has 7 heteroatoms. The number of benzene rings is 2. The van der Waals surface area contributed by atoms with Crippen LogP contribution in [0.5, 0.6) is 0 Å². The Labute approximate surface area is 165 Å². The van der Waals surface area contributed by atoms with Crippen LogP contribution in [0.15, 0.2) is 53.4 Å². The summed E-state index contributed by atoms with van der Waals surface area (Å²) in [6, 6.07) is 13.0. The summed E-state index contributed by atoms with van der Waals surface area (Å²) in [6.45, 7) is 7.97. The lowest BCUT2D eigenvalue weighted by molar-refractivity contribution is -0.243.